The molecule has 1 unspecified atom stereocenters. The molecule has 0 saturated carbocycles. The molecule has 8 nitrogen and oxygen atoms in total. The number of rotatable bonds is 11. The minimum absolute atomic E-state index is 0.0203. The first-order valence-electron chi connectivity index (χ1n) is 6.44. The molecule has 0 amide bonds. The number of carbonyl (C=O) groups excluding carboxylic acids is 1. The lowest BCUT2D eigenvalue weighted by atomic mass is 10.2. The molecule has 0 rings (SSSR count). The van der Waals surface area contributed by atoms with Crippen molar-refractivity contribution < 1.29 is 34.7 Å². The molecule has 21 heavy (non-hydrogen) atoms. The first kappa shape index (κ1) is 20.3. The van der Waals surface area contributed by atoms with E-state index in [4.69, 9.17) is 4.74 Å². The van der Waals surface area contributed by atoms with Gasteiger partial charge in [0.25, 0.3) is 20.2 Å². The highest BCUT2D eigenvalue weighted by Gasteiger charge is 2.25. The average molecular weight is 346 g/mol. The molecule has 0 aliphatic rings. The second-order valence-corrected chi connectivity index (χ2v) is 7.72. The molecule has 0 saturated heterocycles. The van der Waals surface area contributed by atoms with Gasteiger partial charge in [0, 0.05) is 0 Å². The maximum Gasteiger partial charge on any atom is 0.336 e. The number of hydrogen-bond donors (Lipinski definition) is 0. The Bertz CT molecular complexity index is 508. The van der Waals surface area contributed by atoms with Crippen LogP contribution < -0.4 is 0 Å². The first-order chi connectivity index (χ1) is 9.55. The summed E-state index contributed by atoms with van der Waals surface area (Å²) in [5, 5.41) is 0. The molecule has 0 N–H and O–H groups in total. The number of esters is 1. The minimum atomic E-state index is -3.82. The van der Waals surface area contributed by atoms with Gasteiger partial charge in [0.05, 0.1) is 25.7 Å². The molecule has 1 atom stereocenters. The Morgan fingerprint density at radius 1 is 1.00 bits per heavy atom. The summed E-state index contributed by atoms with van der Waals surface area (Å²) in [6.07, 6.45) is 2.04. The van der Waals surface area contributed by atoms with Crippen molar-refractivity contribution in [2.45, 2.75) is 38.7 Å². The third-order valence-corrected chi connectivity index (χ3v) is 3.38. The fourth-order valence-corrected chi connectivity index (χ4v) is 2.32. The highest BCUT2D eigenvalue weighted by molar-refractivity contribution is 7.86. The largest absolute Gasteiger partial charge is 0.464 e. The Morgan fingerprint density at radius 2 is 1.62 bits per heavy atom. The van der Waals surface area contributed by atoms with Gasteiger partial charge >= 0.3 is 5.97 Å². The van der Waals surface area contributed by atoms with Crippen LogP contribution in [0, 0.1) is 0 Å². The van der Waals surface area contributed by atoms with Gasteiger partial charge in [-0.15, -0.1) is 0 Å². The van der Waals surface area contributed by atoms with Crippen molar-refractivity contribution in [2.24, 2.45) is 0 Å². The van der Waals surface area contributed by atoms with Crippen LogP contribution in [-0.4, -0.2) is 54.6 Å². The van der Waals surface area contributed by atoms with E-state index in [9.17, 15) is 21.6 Å². The normalized spacial score (nSPS) is 13.9. The van der Waals surface area contributed by atoms with E-state index in [0.29, 0.717) is 6.42 Å². The summed E-state index contributed by atoms with van der Waals surface area (Å²) >= 11 is 0. The quantitative estimate of drug-likeness (QED) is 0.301. The number of unbranched alkanes of at least 4 members (excludes halogenated alkanes) is 1. The average Bonchev–Trinajstić information content (AvgIpc) is 2.30. The van der Waals surface area contributed by atoms with E-state index in [1.165, 1.54) is 0 Å². The molecule has 0 aliphatic heterocycles. The van der Waals surface area contributed by atoms with Crippen LogP contribution in [0.25, 0.3) is 0 Å². The van der Waals surface area contributed by atoms with E-state index in [-0.39, 0.29) is 26.1 Å². The Balaban J connectivity index is 4.42. The second-order valence-electron chi connectivity index (χ2n) is 4.48. The smallest absolute Gasteiger partial charge is 0.336 e. The van der Waals surface area contributed by atoms with Crippen molar-refractivity contribution in [3.63, 3.8) is 0 Å². The summed E-state index contributed by atoms with van der Waals surface area (Å²) in [6.45, 7) is 1.93. The third kappa shape index (κ3) is 12.7. The maximum absolute atomic E-state index is 11.7. The molecule has 0 heterocycles. The SMILES string of the molecule is CCCCOC(=O)C(CCCOS(C)(=O)=O)OS(C)(=O)=O. The zero-order valence-electron chi connectivity index (χ0n) is 12.4. The molecular weight excluding hydrogens is 324 g/mol. The lowest BCUT2D eigenvalue weighted by Gasteiger charge is -2.15. The van der Waals surface area contributed by atoms with Crippen LogP contribution in [-0.2, 0) is 38.1 Å². The Labute approximate surface area is 126 Å². The van der Waals surface area contributed by atoms with Crippen LogP contribution in [0.1, 0.15) is 32.6 Å². The van der Waals surface area contributed by atoms with Gasteiger partial charge in [-0.25, -0.2) is 4.79 Å². The molecule has 0 aromatic heterocycles. The molecule has 0 radical (unpaired) electrons. The van der Waals surface area contributed by atoms with Gasteiger partial charge in [-0.05, 0) is 19.3 Å². The zero-order chi connectivity index (χ0) is 16.5. The third-order valence-electron chi connectivity index (χ3n) is 2.20. The van der Waals surface area contributed by atoms with Crippen molar-refractivity contribution >= 4 is 26.2 Å². The number of ether oxygens (including phenoxy) is 1. The summed E-state index contributed by atoms with van der Waals surface area (Å²) in [5.41, 5.74) is 0. The van der Waals surface area contributed by atoms with Crippen LogP contribution in [0.3, 0.4) is 0 Å². The van der Waals surface area contributed by atoms with E-state index in [0.717, 1.165) is 18.9 Å². The van der Waals surface area contributed by atoms with Gasteiger partial charge in [0.2, 0.25) is 0 Å². The summed E-state index contributed by atoms with van der Waals surface area (Å²) in [6, 6.07) is 0. The highest BCUT2D eigenvalue weighted by Crippen LogP contribution is 2.09. The van der Waals surface area contributed by atoms with Crippen molar-refractivity contribution in [2.75, 3.05) is 25.7 Å². The van der Waals surface area contributed by atoms with E-state index in [2.05, 4.69) is 8.37 Å². The minimum Gasteiger partial charge on any atom is -0.464 e. The second kappa shape index (κ2) is 9.34. The van der Waals surface area contributed by atoms with Gasteiger partial charge in [0.15, 0.2) is 6.10 Å². The van der Waals surface area contributed by atoms with E-state index >= 15 is 0 Å². The molecule has 0 aromatic carbocycles. The molecule has 126 valence electrons. The van der Waals surface area contributed by atoms with Gasteiger partial charge < -0.3 is 4.74 Å². The van der Waals surface area contributed by atoms with Crippen LogP contribution in [0.2, 0.25) is 0 Å². The van der Waals surface area contributed by atoms with Gasteiger partial charge in [-0.1, -0.05) is 13.3 Å². The lowest BCUT2D eigenvalue weighted by molar-refractivity contribution is -0.152. The summed E-state index contributed by atoms with van der Waals surface area (Å²) < 4.78 is 57.8. The van der Waals surface area contributed by atoms with Crippen LogP contribution in [0.5, 0.6) is 0 Å². The molecule has 0 bridgehead atoms. The van der Waals surface area contributed by atoms with Gasteiger partial charge in [-0.2, -0.15) is 16.8 Å². The standard InChI is InChI=1S/C11H22O8S2/c1-4-5-8-17-11(12)10(19-21(3,15)16)7-6-9-18-20(2,13)14/h10H,4-9H2,1-3H3. The maximum atomic E-state index is 11.7. The number of carbonyl (C=O) groups is 1. The topological polar surface area (TPSA) is 113 Å². The van der Waals surface area contributed by atoms with Crippen LogP contribution >= 0.6 is 0 Å². The van der Waals surface area contributed by atoms with Crippen LogP contribution in [0.15, 0.2) is 0 Å². The van der Waals surface area contributed by atoms with Crippen molar-refractivity contribution in [1.29, 1.82) is 0 Å². The summed E-state index contributed by atoms with van der Waals surface area (Å²) in [7, 11) is -7.39. The fraction of sp³-hybridized carbons (Fsp3) is 0.909. The highest BCUT2D eigenvalue weighted by atomic mass is 32.2. The molecule has 0 aliphatic carbocycles. The van der Waals surface area contributed by atoms with Crippen molar-refractivity contribution in [1.82, 2.24) is 0 Å². The molecule has 0 fully saturated rings. The van der Waals surface area contributed by atoms with Crippen LogP contribution in [0.4, 0.5) is 0 Å². The zero-order valence-corrected chi connectivity index (χ0v) is 14.0. The monoisotopic (exact) mass is 346 g/mol. The van der Waals surface area contributed by atoms with Crippen molar-refractivity contribution in [3.8, 4) is 0 Å². The fourth-order valence-electron chi connectivity index (χ4n) is 1.31. The predicted molar refractivity (Wildman–Crippen MR) is 75.6 cm³/mol. The molecule has 10 heteroatoms. The molecule has 0 aromatic rings. The first-order valence-corrected chi connectivity index (χ1v) is 10.1. The van der Waals surface area contributed by atoms with E-state index < -0.39 is 32.3 Å². The predicted octanol–water partition coefficient (Wildman–Crippen LogP) is 0.431. The van der Waals surface area contributed by atoms with Crippen molar-refractivity contribution in [3.05, 3.63) is 0 Å². The summed E-state index contributed by atoms with van der Waals surface area (Å²) in [4.78, 5) is 11.7. The Morgan fingerprint density at radius 3 is 2.10 bits per heavy atom. The Kier molecular flexibility index (Phi) is 9.02. The van der Waals surface area contributed by atoms with Gasteiger partial charge in [0.1, 0.15) is 0 Å². The van der Waals surface area contributed by atoms with E-state index in [1.54, 1.807) is 0 Å². The Hall–Kier alpha value is -0.710. The molecule has 0 spiro atoms. The van der Waals surface area contributed by atoms with Gasteiger partial charge in [-0.3, -0.25) is 8.37 Å². The van der Waals surface area contributed by atoms with E-state index in [1.807, 2.05) is 6.92 Å². The lowest BCUT2D eigenvalue weighted by Crippen LogP contribution is -2.29. The number of hydrogen-bond acceptors (Lipinski definition) is 8. The molecular formula is C11H22O8S2. The summed E-state index contributed by atoms with van der Waals surface area (Å²) in [5.74, 6) is -0.784.